The van der Waals surface area contributed by atoms with Crippen molar-refractivity contribution in [2.24, 2.45) is 0 Å². The van der Waals surface area contributed by atoms with Crippen molar-refractivity contribution in [3.63, 3.8) is 0 Å². The van der Waals surface area contributed by atoms with E-state index in [2.05, 4.69) is 0 Å². The fourth-order valence-electron chi connectivity index (χ4n) is 1.56. The number of hydrogen-bond acceptors (Lipinski definition) is 2. The van der Waals surface area contributed by atoms with Crippen molar-refractivity contribution >= 4 is 17.3 Å². The molecule has 6 heteroatoms. The summed E-state index contributed by atoms with van der Waals surface area (Å²) in [5.41, 5.74) is 6.71. The highest BCUT2D eigenvalue weighted by atomic mass is 35.5. The van der Waals surface area contributed by atoms with Gasteiger partial charge in [0.15, 0.2) is 0 Å². The molecule has 0 amide bonds. The first kappa shape index (κ1) is 14.1. The molecule has 0 aliphatic rings. The summed E-state index contributed by atoms with van der Waals surface area (Å²) < 4.78 is 36.8. The second kappa shape index (κ2) is 5.60. The summed E-state index contributed by atoms with van der Waals surface area (Å²) in [5.74, 6) is 0. The maximum atomic E-state index is 12.3. The molecule has 0 aliphatic carbocycles. The highest BCUT2D eigenvalue weighted by Gasteiger charge is 2.29. The van der Waals surface area contributed by atoms with E-state index in [0.717, 1.165) is 0 Å². The zero-order chi connectivity index (χ0) is 13.1. The molecule has 0 spiro atoms. The number of rotatable bonds is 4. The van der Waals surface area contributed by atoms with Crippen LogP contribution in [0.5, 0.6) is 0 Å². The van der Waals surface area contributed by atoms with Gasteiger partial charge in [-0.1, -0.05) is 18.5 Å². The molecular weight excluding hydrogens is 253 g/mol. The molecule has 0 radical (unpaired) electrons. The van der Waals surface area contributed by atoms with Crippen LogP contribution in [0.15, 0.2) is 18.2 Å². The molecule has 0 aliphatic heterocycles. The van der Waals surface area contributed by atoms with E-state index in [4.69, 9.17) is 17.3 Å². The minimum absolute atomic E-state index is 0.181. The molecule has 0 aromatic heterocycles. The van der Waals surface area contributed by atoms with Crippen LogP contribution in [0.3, 0.4) is 0 Å². The fraction of sp³-hybridized carbons (Fsp3) is 0.455. The normalized spacial score (nSPS) is 12.1. The van der Waals surface area contributed by atoms with Crippen molar-refractivity contribution in [2.75, 3.05) is 18.8 Å². The van der Waals surface area contributed by atoms with Gasteiger partial charge in [-0.2, -0.15) is 13.2 Å². The minimum atomic E-state index is -4.19. The molecule has 1 aromatic rings. The van der Waals surface area contributed by atoms with E-state index in [9.17, 15) is 13.2 Å². The summed E-state index contributed by atoms with van der Waals surface area (Å²) in [5, 5.41) is 0.433. The van der Waals surface area contributed by atoms with Gasteiger partial charge >= 0.3 is 6.18 Å². The van der Waals surface area contributed by atoms with Crippen LogP contribution in [0.2, 0.25) is 5.02 Å². The Morgan fingerprint density at radius 2 is 1.94 bits per heavy atom. The quantitative estimate of drug-likeness (QED) is 0.847. The lowest BCUT2D eigenvalue weighted by molar-refractivity contribution is -0.146. The number of nitrogen functional groups attached to an aromatic ring is 1. The van der Waals surface area contributed by atoms with Gasteiger partial charge < -0.3 is 5.73 Å². The van der Waals surface area contributed by atoms with Gasteiger partial charge in [0.05, 0.1) is 6.54 Å². The summed E-state index contributed by atoms with van der Waals surface area (Å²) >= 11 is 5.79. The zero-order valence-electron chi connectivity index (χ0n) is 9.39. The molecule has 1 aromatic carbocycles. The van der Waals surface area contributed by atoms with E-state index in [1.165, 1.54) is 4.90 Å². The largest absolute Gasteiger partial charge is 0.401 e. The minimum Gasteiger partial charge on any atom is -0.399 e. The van der Waals surface area contributed by atoms with Gasteiger partial charge in [0.2, 0.25) is 0 Å². The van der Waals surface area contributed by atoms with Gasteiger partial charge in [-0.15, -0.1) is 0 Å². The highest BCUT2D eigenvalue weighted by molar-refractivity contribution is 6.30. The standard InChI is InChI=1S/C11H14ClF3N2/c1-2-17(7-11(13,14)15)6-8-3-9(12)5-10(16)4-8/h3-5H,2,6-7,16H2,1H3. The molecule has 0 unspecified atom stereocenters. The predicted molar refractivity (Wildman–Crippen MR) is 62.9 cm³/mol. The molecule has 96 valence electrons. The summed E-state index contributed by atoms with van der Waals surface area (Å²) in [6, 6.07) is 4.81. The van der Waals surface area contributed by atoms with Gasteiger partial charge in [-0.05, 0) is 30.3 Å². The lowest BCUT2D eigenvalue weighted by Gasteiger charge is -2.22. The van der Waals surface area contributed by atoms with E-state index < -0.39 is 12.7 Å². The number of alkyl halides is 3. The molecule has 0 fully saturated rings. The number of anilines is 1. The maximum absolute atomic E-state index is 12.3. The molecule has 2 nitrogen and oxygen atoms in total. The van der Waals surface area contributed by atoms with Gasteiger partial charge in [0.25, 0.3) is 0 Å². The molecule has 0 atom stereocenters. The van der Waals surface area contributed by atoms with Crippen LogP contribution in [-0.2, 0) is 6.54 Å². The third-order valence-electron chi connectivity index (χ3n) is 2.24. The molecular formula is C11H14ClF3N2. The van der Waals surface area contributed by atoms with Crippen molar-refractivity contribution in [3.05, 3.63) is 28.8 Å². The predicted octanol–water partition coefficient (Wildman–Crippen LogP) is 3.31. The number of benzene rings is 1. The van der Waals surface area contributed by atoms with Crippen LogP contribution >= 0.6 is 11.6 Å². The van der Waals surface area contributed by atoms with Crippen LogP contribution in [0, 0.1) is 0 Å². The number of halogens is 4. The average molecular weight is 267 g/mol. The third-order valence-corrected chi connectivity index (χ3v) is 2.45. The van der Waals surface area contributed by atoms with Crippen LogP contribution in [-0.4, -0.2) is 24.2 Å². The number of nitrogens with zero attached hydrogens (tertiary/aromatic N) is 1. The first-order valence-corrected chi connectivity index (χ1v) is 5.52. The van der Waals surface area contributed by atoms with Gasteiger partial charge in [-0.25, -0.2) is 0 Å². The van der Waals surface area contributed by atoms with Crippen molar-refractivity contribution in [2.45, 2.75) is 19.6 Å². The van der Waals surface area contributed by atoms with Crippen LogP contribution < -0.4 is 5.73 Å². The molecule has 1 rings (SSSR count). The Bertz CT molecular complexity index is 359. The number of nitrogens with two attached hydrogens (primary N) is 1. The van der Waals surface area contributed by atoms with E-state index in [1.807, 2.05) is 0 Å². The van der Waals surface area contributed by atoms with Crippen LogP contribution in [0.25, 0.3) is 0 Å². The SMILES string of the molecule is CCN(Cc1cc(N)cc(Cl)c1)CC(F)(F)F. The van der Waals surface area contributed by atoms with Crippen LogP contribution in [0.4, 0.5) is 18.9 Å². The topological polar surface area (TPSA) is 29.3 Å². The Morgan fingerprint density at radius 3 is 2.41 bits per heavy atom. The Hall–Kier alpha value is -0.940. The zero-order valence-corrected chi connectivity index (χ0v) is 10.1. The Labute approximate surface area is 103 Å². The molecule has 17 heavy (non-hydrogen) atoms. The maximum Gasteiger partial charge on any atom is 0.401 e. The van der Waals surface area contributed by atoms with Crippen molar-refractivity contribution in [3.8, 4) is 0 Å². The van der Waals surface area contributed by atoms with Gasteiger partial charge in [0.1, 0.15) is 0 Å². The van der Waals surface area contributed by atoms with E-state index in [-0.39, 0.29) is 6.54 Å². The first-order chi connectivity index (χ1) is 7.80. The summed E-state index contributed by atoms with van der Waals surface area (Å²) in [4.78, 5) is 1.28. The summed E-state index contributed by atoms with van der Waals surface area (Å²) in [6.45, 7) is 1.24. The second-order valence-corrected chi connectivity index (χ2v) is 4.25. The molecule has 0 bridgehead atoms. The van der Waals surface area contributed by atoms with E-state index in [1.54, 1.807) is 25.1 Å². The number of hydrogen-bond donors (Lipinski definition) is 1. The van der Waals surface area contributed by atoms with Gasteiger partial charge in [0, 0.05) is 17.3 Å². The second-order valence-electron chi connectivity index (χ2n) is 3.81. The lowest BCUT2D eigenvalue weighted by Crippen LogP contribution is -2.33. The van der Waals surface area contributed by atoms with Crippen molar-refractivity contribution in [1.29, 1.82) is 0 Å². The van der Waals surface area contributed by atoms with Gasteiger partial charge in [-0.3, -0.25) is 4.90 Å². The molecule has 2 N–H and O–H groups in total. The molecule has 0 heterocycles. The highest BCUT2D eigenvalue weighted by Crippen LogP contribution is 2.21. The van der Waals surface area contributed by atoms with E-state index in [0.29, 0.717) is 22.8 Å². The molecule has 0 saturated carbocycles. The smallest absolute Gasteiger partial charge is 0.399 e. The van der Waals surface area contributed by atoms with Crippen LogP contribution in [0.1, 0.15) is 12.5 Å². The summed E-state index contributed by atoms with van der Waals surface area (Å²) in [7, 11) is 0. The lowest BCUT2D eigenvalue weighted by atomic mass is 10.2. The molecule has 0 saturated heterocycles. The monoisotopic (exact) mass is 266 g/mol. The Kier molecular flexibility index (Phi) is 4.65. The average Bonchev–Trinajstić information content (AvgIpc) is 2.12. The van der Waals surface area contributed by atoms with Crippen molar-refractivity contribution < 1.29 is 13.2 Å². The Morgan fingerprint density at radius 1 is 1.29 bits per heavy atom. The Balaban J connectivity index is 2.73. The third kappa shape index (κ3) is 5.28. The van der Waals surface area contributed by atoms with E-state index >= 15 is 0 Å². The summed E-state index contributed by atoms with van der Waals surface area (Å²) in [6.07, 6.45) is -4.19. The first-order valence-electron chi connectivity index (χ1n) is 5.14. The van der Waals surface area contributed by atoms with Crippen molar-refractivity contribution in [1.82, 2.24) is 4.90 Å². The fourth-order valence-corrected chi connectivity index (χ4v) is 1.82.